The van der Waals surface area contributed by atoms with Crippen LogP contribution in [0.25, 0.3) is 0 Å². The zero-order valence-corrected chi connectivity index (χ0v) is 11.0. The van der Waals surface area contributed by atoms with Crippen molar-refractivity contribution in [3.63, 3.8) is 0 Å². The van der Waals surface area contributed by atoms with E-state index in [4.69, 9.17) is 11.6 Å². The number of halogens is 1. The van der Waals surface area contributed by atoms with Crippen LogP contribution in [0.2, 0.25) is 5.02 Å². The van der Waals surface area contributed by atoms with Gasteiger partial charge in [-0.1, -0.05) is 43.6 Å². The minimum atomic E-state index is 0.497. The van der Waals surface area contributed by atoms with Crippen molar-refractivity contribution in [1.82, 2.24) is 4.98 Å². The fraction of sp³-hybridized carbons (Fsp3) is 0.308. The Labute approximate surface area is 105 Å². The van der Waals surface area contributed by atoms with E-state index >= 15 is 0 Å². The van der Waals surface area contributed by atoms with Crippen molar-refractivity contribution in [3.05, 3.63) is 50.9 Å². The van der Waals surface area contributed by atoms with Crippen LogP contribution < -0.4 is 0 Å². The third-order valence-electron chi connectivity index (χ3n) is 2.46. The Bertz CT molecular complexity index is 476. The summed E-state index contributed by atoms with van der Waals surface area (Å²) in [6.07, 6.45) is 0.830. The average molecular weight is 252 g/mol. The first kappa shape index (κ1) is 11.6. The summed E-state index contributed by atoms with van der Waals surface area (Å²) in [6.45, 7) is 4.32. The van der Waals surface area contributed by atoms with E-state index in [2.05, 4.69) is 30.3 Å². The van der Waals surface area contributed by atoms with Crippen LogP contribution in [0.3, 0.4) is 0 Å². The van der Waals surface area contributed by atoms with E-state index in [1.165, 1.54) is 5.69 Å². The smallest absolute Gasteiger partial charge is 0.0972 e. The van der Waals surface area contributed by atoms with Gasteiger partial charge in [-0.15, -0.1) is 11.3 Å². The number of nitrogens with zero attached hydrogens (tertiary/aromatic N) is 1. The van der Waals surface area contributed by atoms with Crippen molar-refractivity contribution in [2.75, 3.05) is 0 Å². The molecule has 2 aromatic rings. The summed E-state index contributed by atoms with van der Waals surface area (Å²) in [7, 11) is 0. The molecule has 0 aliphatic rings. The molecule has 0 amide bonds. The van der Waals surface area contributed by atoms with Crippen LogP contribution in [0.1, 0.15) is 36.0 Å². The van der Waals surface area contributed by atoms with E-state index in [1.807, 2.05) is 18.2 Å². The highest BCUT2D eigenvalue weighted by Crippen LogP contribution is 2.23. The van der Waals surface area contributed by atoms with Gasteiger partial charge in [0.05, 0.1) is 10.7 Å². The molecule has 0 atom stereocenters. The number of hydrogen-bond acceptors (Lipinski definition) is 2. The van der Waals surface area contributed by atoms with Gasteiger partial charge in [-0.05, 0) is 17.5 Å². The Balaban J connectivity index is 2.18. The maximum Gasteiger partial charge on any atom is 0.0972 e. The number of rotatable bonds is 3. The summed E-state index contributed by atoms with van der Waals surface area (Å²) < 4.78 is 0. The van der Waals surface area contributed by atoms with Gasteiger partial charge in [-0.25, -0.2) is 4.98 Å². The van der Waals surface area contributed by atoms with Crippen LogP contribution in [0.15, 0.2) is 29.6 Å². The molecule has 0 aliphatic heterocycles. The minimum Gasteiger partial charge on any atom is -0.246 e. The number of thiazole rings is 1. The van der Waals surface area contributed by atoms with E-state index in [9.17, 15) is 0 Å². The highest BCUT2D eigenvalue weighted by atomic mass is 35.5. The maximum atomic E-state index is 6.12. The van der Waals surface area contributed by atoms with Crippen molar-refractivity contribution >= 4 is 22.9 Å². The van der Waals surface area contributed by atoms with Gasteiger partial charge in [0.25, 0.3) is 0 Å². The Morgan fingerprint density at radius 2 is 2.06 bits per heavy atom. The Morgan fingerprint density at radius 3 is 2.69 bits per heavy atom. The first-order chi connectivity index (χ1) is 7.66. The van der Waals surface area contributed by atoms with Gasteiger partial charge in [0.15, 0.2) is 0 Å². The van der Waals surface area contributed by atoms with Crippen LogP contribution in [-0.2, 0) is 6.42 Å². The molecule has 0 saturated heterocycles. The monoisotopic (exact) mass is 251 g/mol. The molecule has 0 radical (unpaired) electrons. The average Bonchev–Trinajstić information content (AvgIpc) is 2.70. The van der Waals surface area contributed by atoms with Gasteiger partial charge in [-0.3, -0.25) is 0 Å². The van der Waals surface area contributed by atoms with Crippen molar-refractivity contribution in [2.45, 2.75) is 26.2 Å². The van der Waals surface area contributed by atoms with Crippen molar-refractivity contribution in [1.29, 1.82) is 0 Å². The van der Waals surface area contributed by atoms with E-state index in [-0.39, 0.29) is 0 Å². The second kappa shape index (κ2) is 4.98. The third kappa shape index (κ3) is 2.63. The maximum absolute atomic E-state index is 6.12. The predicted octanol–water partition coefficient (Wildman–Crippen LogP) is 4.51. The summed E-state index contributed by atoms with van der Waals surface area (Å²) in [5.74, 6) is 0.497. The molecule has 2 rings (SSSR count). The quantitative estimate of drug-likeness (QED) is 0.782. The molecule has 1 heterocycles. The van der Waals surface area contributed by atoms with Gasteiger partial charge in [0.2, 0.25) is 0 Å². The van der Waals surface area contributed by atoms with Crippen molar-refractivity contribution in [3.8, 4) is 0 Å². The van der Waals surface area contributed by atoms with Gasteiger partial charge >= 0.3 is 0 Å². The summed E-state index contributed by atoms with van der Waals surface area (Å²) in [5.41, 5.74) is 2.32. The molecule has 0 bridgehead atoms. The molecule has 84 valence electrons. The second-order valence-electron chi connectivity index (χ2n) is 4.09. The molecule has 0 fully saturated rings. The van der Waals surface area contributed by atoms with Crippen LogP contribution in [0.4, 0.5) is 0 Å². The lowest BCUT2D eigenvalue weighted by molar-refractivity contribution is 0.825. The molecule has 1 aromatic carbocycles. The van der Waals surface area contributed by atoms with Gasteiger partial charge in [0, 0.05) is 16.8 Å². The predicted molar refractivity (Wildman–Crippen MR) is 70.5 cm³/mol. The molecule has 1 aromatic heterocycles. The number of benzene rings is 1. The van der Waals surface area contributed by atoms with Gasteiger partial charge in [0.1, 0.15) is 0 Å². The lowest BCUT2D eigenvalue weighted by Gasteiger charge is -2.01. The molecule has 16 heavy (non-hydrogen) atoms. The van der Waals surface area contributed by atoms with E-state index < -0.39 is 0 Å². The number of hydrogen-bond donors (Lipinski definition) is 0. The standard InChI is InChI=1S/C13H14ClNS/c1-9(2)12-8-16-13(15-12)7-10-5-3-4-6-11(10)14/h3-6,8-9H,7H2,1-2H3. The molecule has 0 aliphatic carbocycles. The summed E-state index contributed by atoms with van der Waals surface area (Å²) in [4.78, 5) is 4.61. The molecule has 1 nitrogen and oxygen atoms in total. The third-order valence-corrected chi connectivity index (χ3v) is 3.70. The topological polar surface area (TPSA) is 12.9 Å². The Hall–Kier alpha value is -0.860. The highest BCUT2D eigenvalue weighted by molar-refractivity contribution is 7.09. The van der Waals surface area contributed by atoms with Crippen LogP contribution in [0, 0.1) is 0 Å². The Morgan fingerprint density at radius 1 is 1.31 bits per heavy atom. The first-order valence-corrected chi connectivity index (χ1v) is 6.60. The van der Waals surface area contributed by atoms with Crippen LogP contribution >= 0.6 is 22.9 Å². The van der Waals surface area contributed by atoms with Crippen LogP contribution in [-0.4, -0.2) is 4.98 Å². The molecule has 0 saturated carbocycles. The van der Waals surface area contributed by atoms with E-state index in [0.717, 1.165) is 22.0 Å². The molecule has 0 unspecified atom stereocenters. The molecule has 3 heteroatoms. The van der Waals surface area contributed by atoms with Crippen LogP contribution in [0.5, 0.6) is 0 Å². The molecule has 0 spiro atoms. The summed E-state index contributed by atoms with van der Waals surface area (Å²) in [6, 6.07) is 7.94. The van der Waals surface area contributed by atoms with E-state index in [0.29, 0.717) is 5.92 Å². The fourth-order valence-corrected chi connectivity index (χ4v) is 2.66. The van der Waals surface area contributed by atoms with Crippen molar-refractivity contribution in [2.24, 2.45) is 0 Å². The van der Waals surface area contributed by atoms with Crippen molar-refractivity contribution < 1.29 is 0 Å². The Kier molecular flexibility index (Phi) is 3.62. The zero-order chi connectivity index (χ0) is 11.5. The van der Waals surface area contributed by atoms with E-state index in [1.54, 1.807) is 11.3 Å². The van der Waals surface area contributed by atoms with Gasteiger partial charge < -0.3 is 0 Å². The largest absolute Gasteiger partial charge is 0.246 e. The normalized spacial score (nSPS) is 11.0. The highest BCUT2D eigenvalue weighted by Gasteiger charge is 2.07. The molecular weight excluding hydrogens is 238 g/mol. The minimum absolute atomic E-state index is 0.497. The number of aromatic nitrogens is 1. The molecular formula is C13H14ClNS. The SMILES string of the molecule is CC(C)c1csc(Cc2ccccc2Cl)n1. The summed E-state index contributed by atoms with van der Waals surface area (Å²) in [5, 5.41) is 4.09. The lowest BCUT2D eigenvalue weighted by atomic mass is 10.1. The van der Waals surface area contributed by atoms with Gasteiger partial charge in [-0.2, -0.15) is 0 Å². The lowest BCUT2D eigenvalue weighted by Crippen LogP contribution is -1.91. The fourth-order valence-electron chi connectivity index (χ4n) is 1.48. The zero-order valence-electron chi connectivity index (χ0n) is 9.40. The summed E-state index contributed by atoms with van der Waals surface area (Å²) >= 11 is 7.83. The molecule has 0 N–H and O–H groups in total. The first-order valence-electron chi connectivity index (χ1n) is 5.34. The second-order valence-corrected chi connectivity index (χ2v) is 5.44.